The molecule has 0 aliphatic rings. The molecule has 0 aliphatic carbocycles. The summed E-state index contributed by atoms with van der Waals surface area (Å²) >= 11 is 18.7. The number of methoxy groups -OCH3 is 1. The van der Waals surface area contributed by atoms with E-state index in [-0.39, 0.29) is 0 Å². The number of halogens is 2. The molecule has 0 atom stereocenters. The lowest BCUT2D eigenvalue weighted by Gasteiger charge is -2.11. The summed E-state index contributed by atoms with van der Waals surface area (Å²) in [6.07, 6.45) is 0.819. The van der Waals surface area contributed by atoms with Gasteiger partial charge < -0.3 is 15.4 Å². The molecular weight excluding hydrogens is 375 g/mol. The Bertz CT molecular complexity index is 747. The number of benzene rings is 1. The van der Waals surface area contributed by atoms with Crippen LogP contribution in [0.4, 0.5) is 10.7 Å². The first kappa shape index (κ1) is 18.0. The topological polar surface area (TPSA) is 50.4 Å². The number of thiophene rings is 1. The maximum Gasteiger partial charge on any atom is 0.340 e. The minimum Gasteiger partial charge on any atom is -0.465 e. The quantitative estimate of drug-likeness (QED) is 0.555. The highest BCUT2D eigenvalue weighted by atomic mass is 35.5. The molecule has 0 bridgehead atoms. The zero-order valence-electron chi connectivity index (χ0n) is 12.4. The standard InChI is InChI=1S/C15H14Cl2N2O2S2/c1-3-9-7-10(14(20)21-2)13(23-9)19-15(22)18-12-5-4-8(16)6-11(12)17/h4-7H,3H2,1-2H3,(H2,18,19,22). The van der Waals surface area contributed by atoms with E-state index in [2.05, 4.69) is 10.6 Å². The predicted molar refractivity (Wildman–Crippen MR) is 101 cm³/mol. The van der Waals surface area contributed by atoms with E-state index in [0.717, 1.165) is 11.3 Å². The van der Waals surface area contributed by atoms with Crippen LogP contribution >= 0.6 is 46.8 Å². The van der Waals surface area contributed by atoms with Gasteiger partial charge in [0.05, 0.1) is 23.4 Å². The summed E-state index contributed by atoms with van der Waals surface area (Å²) in [7, 11) is 1.35. The predicted octanol–water partition coefficient (Wildman–Crippen LogP) is 5.21. The van der Waals surface area contributed by atoms with E-state index < -0.39 is 5.97 Å². The van der Waals surface area contributed by atoms with E-state index >= 15 is 0 Å². The van der Waals surface area contributed by atoms with Crippen LogP contribution in [-0.4, -0.2) is 18.2 Å². The van der Waals surface area contributed by atoms with E-state index in [4.69, 9.17) is 40.2 Å². The molecule has 122 valence electrons. The zero-order valence-corrected chi connectivity index (χ0v) is 15.6. The van der Waals surface area contributed by atoms with Gasteiger partial charge in [0.25, 0.3) is 0 Å². The molecule has 0 saturated carbocycles. The number of thiocarbonyl (C=S) groups is 1. The molecule has 2 aromatic rings. The highest BCUT2D eigenvalue weighted by Crippen LogP contribution is 2.30. The average Bonchev–Trinajstić information content (AvgIpc) is 2.92. The highest BCUT2D eigenvalue weighted by Gasteiger charge is 2.17. The van der Waals surface area contributed by atoms with Crippen LogP contribution in [0.25, 0.3) is 0 Å². The van der Waals surface area contributed by atoms with Gasteiger partial charge in [-0.25, -0.2) is 4.79 Å². The number of hydrogen-bond donors (Lipinski definition) is 2. The fourth-order valence-electron chi connectivity index (χ4n) is 1.82. The molecule has 0 radical (unpaired) electrons. The van der Waals surface area contributed by atoms with E-state index in [0.29, 0.717) is 31.4 Å². The summed E-state index contributed by atoms with van der Waals surface area (Å²) in [6.45, 7) is 2.01. The highest BCUT2D eigenvalue weighted by molar-refractivity contribution is 7.80. The van der Waals surface area contributed by atoms with Crippen molar-refractivity contribution in [2.75, 3.05) is 17.7 Å². The second-order valence-electron chi connectivity index (χ2n) is 4.50. The van der Waals surface area contributed by atoms with Gasteiger partial charge in [0.15, 0.2) is 5.11 Å². The maximum atomic E-state index is 11.8. The Balaban J connectivity index is 2.16. The monoisotopic (exact) mass is 388 g/mol. The van der Waals surface area contributed by atoms with Crippen LogP contribution in [0.2, 0.25) is 10.0 Å². The number of hydrogen-bond acceptors (Lipinski definition) is 4. The molecule has 4 nitrogen and oxygen atoms in total. The maximum absolute atomic E-state index is 11.8. The minimum absolute atomic E-state index is 0.323. The fourth-order valence-corrected chi connectivity index (χ4v) is 3.54. The lowest BCUT2D eigenvalue weighted by molar-refractivity contribution is 0.0602. The third-order valence-corrected chi connectivity index (χ3v) is 4.89. The lowest BCUT2D eigenvalue weighted by Crippen LogP contribution is -2.20. The van der Waals surface area contributed by atoms with E-state index in [1.165, 1.54) is 18.4 Å². The van der Waals surface area contributed by atoms with Gasteiger partial charge in [-0.1, -0.05) is 30.1 Å². The van der Waals surface area contributed by atoms with Crippen molar-refractivity contribution >= 4 is 68.5 Å². The molecule has 0 spiro atoms. The van der Waals surface area contributed by atoms with Crippen molar-refractivity contribution in [3.8, 4) is 0 Å². The van der Waals surface area contributed by atoms with Gasteiger partial charge >= 0.3 is 5.97 Å². The Morgan fingerprint density at radius 3 is 2.65 bits per heavy atom. The molecule has 8 heteroatoms. The Kier molecular flexibility index (Phi) is 6.24. The molecule has 23 heavy (non-hydrogen) atoms. The smallest absolute Gasteiger partial charge is 0.340 e. The molecule has 0 amide bonds. The van der Waals surface area contributed by atoms with Crippen molar-refractivity contribution in [2.24, 2.45) is 0 Å². The Morgan fingerprint density at radius 2 is 2.04 bits per heavy atom. The summed E-state index contributed by atoms with van der Waals surface area (Å²) in [4.78, 5) is 12.9. The van der Waals surface area contributed by atoms with Crippen molar-refractivity contribution in [1.82, 2.24) is 0 Å². The van der Waals surface area contributed by atoms with Crippen molar-refractivity contribution in [3.05, 3.63) is 44.8 Å². The lowest BCUT2D eigenvalue weighted by atomic mass is 10.2. The molecule has 0 saturated heterocycles. The number of nitrogens with one attached hydrogen (secondary N) is 2. The van der Waals surface area contributed by atoms with Gasteiger partial charge in [0.2, 0.25) is 0 Å². The first-order chi connectivity index (χ1) is 10.9. The summed E-state index contributed by atoms with van der Waals surface area (Å²) < 4.78 is 4.80. The van der Waals surface area contributed by atoms with E-state index in [1.807, 2.05) is 6.92 Å². The Hall–Kier alpha value is -1.34. The molecule has 2 N–H and O–H groups in total. The minimum atomic E-state index is -0.407. The number of carbonyl (C=O) groups excluding carboxylic acids is 1. The first-order valence-electron chi connectivity index (χ1n) is 6.68. The average molecular weight is 389 g/mol. The molecule has 2 rings (SSSR count). The van der Waals surface area contributed by atoms with Crippen LogP contribution in [0.3, 0.4) is 0 Å². The van der Waals surface area contributed by atoms with E-state index in [1.54, 1.807) is 24.3 Å². The second-order valence-corrected chi connectivity index (χ2v) is 6.89. The third-order valence-electron chi connectivity index (χ3n) is 2.94. The first-order valence-corrected chi connectivity index (χ1v) is 8.66. The normalized spacial score (nSPS) is 10.3. The number of ether oxygens (including phenoxy) is 1. The van der Waals surface area contributed by atoms with Crippen LogP contribution in [0.5, 0.6) is 0 Å². The van der Waals surface area contributed by atoms with Gasteiger partial charge in [0.1, 0.15) is 5.00 Å². The summed E-state index contributed by atoms with van der Waals surface area (Å²) in [5.41, 5.74) is 1.08. The number of carbonyl (C=O) groups is 1. The van der Waals surface area contributed by atoms with Gasteiger partial charge in [-0.15, -0.1) is 11.3 Å². The summed E-state index contributed by atoms with van der Waals surface area (Å²) in [5.74, 6) is -0.407. The largest absolute Gasteiger partial charge is 0.465 e. The summed E-state index contributed by atoms with van der Waals surface area (Å²) in [5, 5.41) is 7.95. The molecule has 0 fully saturated rings. The van der Waals surface area contributed by atoms with Gasteiger partial charge in [-0.2, -0.15) is 0 Å². The van der Waals surface area contributed by atoms with Gasteiger partial charge in [-0.05, 0) is 42.9 Å². The van der Waals surface area contributed by atoms with Crippen LogP contribution in [-0.2, 0) is 11.2 Å². The third kappa shape index (κ3) is 4.57. The van der Waals surface area contributed by atoms with Crippen LogP contribution in [0, 0.1) is 0 Å². The van der Waals surface area contributed by atoms with Gasteiger partial charge in [-0.3, -0.25) is 0 Å². The van der Waals surface area contributed by atoms with Crippen molar-refractivity contribution in [2.45, 2.75) is 13.3 Å². The molecule has 0 aliphatic heterocycles. The van der Waals surface area contributed by atoms with Crippen LogP contribution < -0.4 is 10.6 Å². The molecule has 1 aromatic carbocycles. The number of anilines is 2. The second kappa shape index (κ2) is 7.97. The van der Waals surface area contributed by atoms with E-state index in [9.17, 15) is 4.79 Å². The molecule has 0 unspecified atom stereocenters. The summed E-state index contributed by atoms with van der Waals surface area (Å²) in [6, 6.07) is 6.86. The SMILES string of the molecule is CCc1cc(C(=O)OC)c(NC(=S)Nc2ccc(Cl)cc2Cl)s1. The van der Waals surface area contributed by atoms with Gasteiger partial charge in [0, 0.05) is 9.90 Å². The molecule has 1 heterocycles. The van der Waals surface area contributed by atoms with Crippen LogP contribution in [0.15, 0.2) is 24.3 Å². The molecule has 1 aromatic heterocycles. The van der Waals surface area contributed by atoms with Crippen molar-refractivity contribution in [1.29, 1.82) is 0 Å². The fraction of sp³-hybridized carbons (Fsp3) is 0.200. The van der Waals surface area contributed by atoms with Crippen LogP contribution in [0.1, 0.15) is 22.2 Å². The zero-order chi connectivity index (χ0) is 17.0. The van der Waals surface area contributed by atoms with Crippen molar-refractivity contribution in [3.63, 3.8) is 0 Å². The van der Waals surface area contributed by atoms with Crippen molar-refractivity contribution < 1.29 is 9.53 Å². The number of rotatable bonds is 4. The number of aryl methyl sites for hydroxylation is 1. The number of esters is 1. The Labute approximate surface area is 153 Å². The molecular formula is C15H14Cl2N2O2S2. The Morgan fingerprint density at radius 1 is 1.30 bits per heavy atom.